The number of nitrogens with one attached hydrogen (secondary N) is 2. The Hall–Kier alpha value is -4.15. The fourth-order valence-electron chi connectivity index (χ4n) is 3.65. The molecule has 0 radical (unpaired) electrons. The van der Waals surface area contributed by atoms with Crippen LogP contribution in [0, 0.1) is 0 Å². The van der Waals surface area contributed by atoms with Crippen LogP contribution < -0.4 is 5.32 Å². The molecule has 5 rings (SSSR count). The van der Waals surface area contributed by atoms with Gasteiger partial charge in [-0.05, 0) is 30.7 Å². The first-order valence-corrected chi connectivity index (χ1v) is 10.0. The Morgan fingerprint density at radius 2 is 1.94 bits per heavy atom. The average Bonchev–Trinajstić information content (AvgIpc) is 3.49. The summed E-state index contributed by atoms with van der Waals surface area (Å²) in [6, 6.07) is 3.55. The molecular weight excluding hydrogens is 435 g/mol. The molecule has 0 aliphatic heterocycles. The number of halogens is 3. The number of H-pyrrole nitrogens is 1. The zero-order chi connectivity index (χ0) is 23.3. The molecule has 5 heterocycles. The number of nitrogens with zero attached hydrogens (tertiary/aromatic N) is 5. The van der Waals surface area contributed by atoms with Gasteiger partial charge in [0.25, 0.3) is 5.91 Å². The predicted molar refractivity (Wildman–Crippen MR) is 115 cm³/mol. The van der Waals surface area contributed by atoms with Gasteiger partial charge in [0.05, 0.1) is 23.5 Å². The van der Waals surface area contributed by atoms with E-state index >= 15 is 0 Å². The van der Waals surface area contributed by atoms with E-state index in [1.54, 1.807) is 35.5 Å². The van der Waals surface area contributed by atoms with Crippen molar-refractivity contribution < 1.29 is 18.0 Å². The number of amides is 1. The highest BCUT2D eigenvalue weighted by molar-refractivity contribution is 6.02. The van der Waals surface area contributed by atoms with Crippen molar-refractivity contribution in [2.45, 2.75) is 19.1 Å². The van der Waals surface area contributed by atoms with Crippen LogP contribution in [0.3, 0.4) is 0 Å². The van der Waals surface area contributed by atoms with Crippen LogP contribution in [-0.2, 0) is 7.05 Å². The van der Waals surface area contributed by atoms with Crippen molar-refractivity contribution in [2.24, 2.45) is 7.05 Å². The van der Waals surface area contributed by atoms with Gasteiger partial charge in [-0.3, -0.25) is 9.48 Å². The SMILES string of the molecule is C[C@@H](NC(=O)c1cnn2ccc(-c3c[nH]c4ncc(-c5cnn(C)c5)cc34)cc12)C(F)(F)F. The number of fused-ring (bicyclic) bond motifs is 2. The van der Waals surface area contributed by atoms with Crippen molar-refractivity contribution >= 4 is 22.5 Å². The highest BCUT2D eigenvalue weighted by atomic mass is 19.4. The lowest BCUT2D eigenvalue weighted by molar-refractivity contribution is -0.149. The molecule has 0 saturated heterocycles. The zero-order valence-corrected chi connectivity index (χ0v) is 17.6. The zero-order valence-electron chi connectivity index (χ0n) is 17.6. The van der Waals surface area contributed by atoms with Gasteiger partial charge in [0, 0.05) is 53.9 Å². The summed E-state index contributed by atoms with van der Waals surface area (Å²) in [7, 11) is 1.83. The molecule has 5 aromatic rings. The third-order valence-corrected chi connectivity index (χ3v) is 5.49. The predicted octanol–water partition coefficient (Wildman–Crippen LogP) is 3.96. The fraction of sp³-hybridized carbons (Fsp3) is 0.182. The van der Waals surface area contributed by atoms with E-state index in [2.05, 4.69) is 20.2 Å². The van der Waals surface area contributed by atoms with E-state index in [0.717, 1.165) is 34.6 Å². The van der Waals surface area contributed by atoms with Gasteiger partial charge in [0.2, 0.25) is 0 Å². The van der Waals surface area contributed by atoms with Gasteiger partial charge in [0.1, 0.15) is 11.7 Å². The maximum atomic E-state index is 12.9. The second kappa shape index (κ2) is 7.47. The number of aromatic amines is 1. The Kier molecular flexibility index (Phi) is 4.69. The molecule has 11 heteroatoms. The topological polar surface area (TPSA) is 92.9 Å². The molecule has 0 saturated carbocycles. The molecule has 0 aliphatic rings. The number of aryl methyl sites for hydroxylation is 1. The van der Waals surface area contributed by atoms with Crippen LogP contribution in [0.5, 0.6) is 0 Å². The van der Waals surface area contributed by atoms with E-state index in [-0.39, 0.29) is 5.56 Å². The largest absolute Gasteiger partial charge is 0.408 e. The smallest absolute Gasteiger partial charge is 0.346 e. The molecule has 8 nitrogen and oxygen atoms in total. The molecule has 0 aromatic carbocycles. The van der Waals surface area contributed by atoms with Crippen LogP contribution in [0.15, 0.2) is 55.4 Å². The quantitative estimate of drug-likeness (QED) is 0.431. The van der Waals surface area contributed by atoms with Crippen LogP contribution >= 0.6 is 0 Å². The molecule has 5 aromatic heterocycles. The van der Waals surface area contributed by atoms with E-state index in [0.29, 0.717) is 11.2 Å². The third-order valence-electron chi connectivity index (χ3n) is 5.49. The van der Waals surface area contributed by atoms with Crippen molar-refractivity contribution in [1.82, 2.24) is 34.7 Å². The first-order chi connectivity index (χ1) is 15.7. The van der Waals surface area contributed by atoms with Crippen LogP contribution in [0.1, 0.15) is 17.3 Å². The normalized spacial score (nSPS) is 13.0. The molecular formula is C22H18F3N7O. The number of alkyl halides is 3. The molecule has 168 valence electrons. The molecule has 0 fully saturated rings. The van der Waals surface area contributed by atoms with Crippen molar-refractivity contribution in [3.63, 3.8) is 0 Å². The summed E-state index contributed by atoms with van der Waals surface area (Å²) in [6.45, 7) is 0.897. The number of carbonyl (C=O) groups is 1. The highest BCUT2D eigenvalue weighted by Gasteiger charge is 2.37. The van der Waals surface area contributed by atoms with E-state index < -0.39 is 18.1 Å². The minimum atomic E-state index is -4.53. The number of rotatable bonds is 4. The van der Waals surface area contributed by atoms with Crippen LogP contribution in [0.25, 0.3) is 38.8 Å². The number of pyridine rings is 2. The number of aromatic nitrogens is 6. The van der Waals surface area contributed by atoms with Gasteiger partial charge in [-0.2, -0.15) is 23.4 Å². The Balaban J connectivity index is 1.55. The molecule has 0 aliphatic carbocycles. The summed E-state index contributed by atoms with van der Waals surface area (Å²) >= 11 is 0. The average molecular weight is 453 g/mol. The maximum Gasteiger partial charge on any atom is 0.408 e. The molecule has 0 bridgehead atoms. The molecule has 0 unspecified atom stereocenters. The summed E-state index contributed by atoms with van der Waals surface area (Å²) in [5, 5.41) is 11.1. The summed E-state index contributed by atoms with van der Waals surface area (Å²) < 4.78 is 41.8. The summed E-state index contributed by atoms with van der Waals surface area (Å²) in [6.07, 6.45) is 5.58. The minimum absolute atomic E-state index is 0.0574. The first-order valence-electron chi connectivity index (χ1n) is 10.0. The summed E-state index contributed by atoms with van der Waals surface area (Å²) in [4.78, 5) is 20.1. The number of hydrogen-bond donors (Lipinski definition) is 2. The second-order valence-corrected chi connectivity index (χ2v) is 7.77. The van der Waals surface area contributed by atoms with Crippen molar-refractivity contribution in [3.05, 3.63) is 60.9 Å². The van der Waals surface area contributed by atoms with Crippen molar-refractivity contribution in [3.8, 4) is 22.3 Å². The van der Waals surface area contributed by atoms with Crippen molar-refractivity contribution in [1.29, 1.82) is 0 Å². The lowest BCUT2D eigenvalue weighted by atomic mass is 10.0. The van der Waals surface area contributed by atoms with Crippen LogP contribution in [0.4, 0.5) is 13.2 Å². The molecule has 33 heavy (non-hydrogen) atoms. The Labute approximate surface area is 185 Å². The van der Waals surface area contributed by atoms with E-state index in [4.69, 9.17) is 0 Å². The van der Waals surface area contributed by atoms with Gasteiger partial charge in [0.15, 0.2) is 0 Å². The highest BCUT2D eigenvalue weighted by Crippen LogP contribution is 2.32. The van der Waals surface area contributed by atoms with E-state index in [9.17, 15) is 18.0 Å². The standard InChI is InChI=1S/C22H18F3N7O/c1-12(22(23,24)25)30-21(33)18-10-29-32-4-3-13(6-19(18)32)17-9-27-20-16(17)5-14(7-26-20)15-8-28-31(2)11-15/h3-12H,1-2H3,(H,26,27)(H,30,33)/t12-/m1/s1. The van der Waals surface area contributed by atoms with Gasteiger partial charge < -0.3 is 10.3 Å². The fourth-order valence-corrected chi connectivity index (χ4v) is 3.65. The summed E-state index contributed by atoms with van der Waals surface area (Å²) in [5.41, 5.74) is 4.54. The molecule has 1 amide bonds. The lowest BCUT2D eigenvalue weighted by Gasteiger charge is -2.16. The first kappa shape index (κ1) is 20.7. The van der Waals surface area contributed by atoms with Gasteiger partial charge in [-0.1, -0.05) is 0 Å². The van der Waals surface area contributed by atoms with Crippen molar-refractivity contribution in [2.75, 3.05) is 0 Å². The third kappa shape index (κ3) is 3.71. The van der Waals surface area contributed by atoms with Gasteiger partial charge in [-0.15, -0.1) is 0 Å². The monoisotopic (exact) mass is 453 g/mol. The Morgan fingerprint density at radius 3 is 2.67 bits per heavy atom. The Morgan fingerprint density at radius 1 is 1.12 bits per heavy atom. The van der Waals surface area contributed by atoms with Gasteiger partial charge >= 0.3 is 6.18 Å². The van der Waals surface area contributed by atoms with E-state index in [1.807, 2.05) is 30.7 Å². The van der Waals surface area contributed by atoms with Crippen LogP contribution in [-0.4, -0.2) is 47.5 Å². The minimum Gasteiger partial charge on any atom is -0.346 e. The Bertz CT molecular complexity index is 1500. The second-order valence-electron chi connectivity index (χ2n) is 7.77. The lowest BCUT2D eigenvalue weighted by Crippen LogP contribution is -2.43. The maximum absolute atomic E-state index is 12.9. The molecule has 0 spiro atoms. The molecule has 1 atom stereocenters. The molecule has 2 N–H and O–H groups in total. The van der Waals surface area contributed by atoms with Gasteiger partial charge in [-0.25, -0.2) is 9.50 Å². The number of carbonyl (C=O) groups excluding carboxylic acids is 1. The number of hydrogen-bond acceptors (Lipinski definition) is 4. The van der Waals surface area contributed by atoms with Crippen LogP contribution in [0.2, 0.25) is 0 Å². The van der Waals surface area contributed by atoms with E-state index in [1.165, 1.54) is 10.7 Å². The summed E-state index contributed by atoms with van der Waals surface area (Å²) in [5.74, 6) is -0.841.